The minimum Gasteiger partial charge on any atom is -0.456 e. The number of esters is 1. The molecule has 480 valence electrons. The maximum atomic E-state index is 13.6. The number of allylic oxidation sites excluding steroid dienone is 3. The predicted molar refractivity (Wildman–Crippen MR) is 351 cm³/mol. The van der Waals surface area contributed by atoms with Crippen LogP contribution in [0.25, 0.3) is 0 Å². The van der Waals surface area contributed by atoms with Crippen LogP contribution in [0.5, 0.6) is 0 Å². The summed E-state index contributed by atoms with van der Waals surface area (Å²) < 4.78 is 30.8. The number of carbonyl (C=O) groups is 2. The maximum Gasteiger partial charge on any atom is 0.472 e. The fourth-order valence-electron chi connectivity index (χ4n) is 10.9. The lowest BCUT2D eigenvalue weighted by molar-refractivity contribution is -0.870. The second-order valence-corrected chi connectivity index (χ2v) is 27.2. The average molecular weight is 1160 g/mol. The van der Waals surface area contributed by atoms with Gasteiger partial charge in [0.2, 0.25) is 5.91 Å². The first kappa shape index (κ1) is 79.5. The Morgan fingerprint density at radius 3 is 1.05 bits per heavy atom. The van der Waals surface area contributed by atoms with E-state index >= 15 is 0 Å². The maximum absolute atomic E-state index is 13.6. The van der Waals surface area contributed by atoms with Gasteiger partial charge in [0.1, 0.15) is 19.3 Å². The molecule has 3 atom stereocenters. The molecule has 0 rings (SSSR count). The van der Waals surface area contributed by atoms with Crippen LogP contribution in [0.2, 0.25) is 0 Å². The predicted octanol–water partition coefficient (Wildman–Crippen LogP) is 22.5. The SMILES string of the molecule is CCCCCCCC/C=C/CCCCCCCCCCCC(=O)NC(COP(=O)(O)OCC[N+](C)(C)C)C(/C=C\CCCCCCCCCCC)OC(=O)CCCCCCCCCCCCCCCCCCCCCCCCCCC. The zero-order valence-electron chi connectivity index (χ0n) is 55.1. The molecule has 0 bridgehead atoms. The number of likely N-dealkylation sites (N-methyl/N-ethyl adjacent to an activating group) is 1. The number of phosphoric ester groups is 1. The van der Waals surface area contributed by atoms with Gasteiger partial charge in [0.25, 0.3) is 0 Å². The molecule has 0 fully saturated rings. The lowest BCUT2D eigenvalue weighted by Gasteiger charge is -2.27. The van der Waals surface area contributed by atoms with E-state index in [4.69, 9.17) is 13.8 Å². The van der Waals surface area contributed by atoms with Crippen molar-refractivity contribution < 1.29 is 37.3 Å². The highest BCUT2D eigenvalue weighted by molar-refractivity contribution is 7.47. The van der Waals surface area contributed by atoms with Crippen molar-refractivity contribution in [3.63, 3.8) is 0 Å². The summed E-state index contributed by atoms with van der Waals surface area (Å²) in [5.74, 6) is -0.486. The van der Waals surface area contributed by atoms with Crippen LogP contribution < -0.4 is 5.32 Å². The van der Waals surface area contributed by atoms with E-state index in [9.17, 15) is 19.0 Å². The number of quaternary nitrogens is 1. The molecule has 0 aliphatic heterocycles. The van der Waals surface area contributed by atoms with Gasteiger partial charge in [-0.2, -0.15) is 0 Å². The third kappa shape index (κ3) is 62.8. The Balaban J connectivity index is 4.97. The van der Waals surface area contributed by atoms with Crippen LogP contribution in [0.1, 0.15) is 367 Å². The molecule has 0 saturated carbocycles. The summed E-state index contributed by atoms with van der Waals surface area (Å²) in [6, 6.07) is -0.844. The van der Waals surface area contributed by atoms with E-state index in [0.717, 1.165) is 57.8 Å². The van der Waals surface area contributed by atoms with Gasteiger partial charge in [-0.15, -0.1) is 0 Å². The van der Waals surface area contributed by atoms with Crippen molar-refractivity contribution in [2.24, 2.45) is 0 Å². The van der Waals surface area contributed by atoms with Gasteiger partial charge in [-0.3, -0.25) is 18.6 Å². The number of nitrogens with one attached hydrogen (secondary N) is 1. The molecule has 81 heavy (non-hydrogen) atoms. The van der Waals surface area contributed by atoms with Gasteiger partial charge in [0.05, 0.1) is 33.8 Å². The number of nitrogens with zero attached hydrogens (tertiary/aromatic N) is 1. The van der Waals surface area contributed by atoms with Gasteiger partial charge >= 0.3 is 13.8 Å². The third-order valence-corrected chi connectivity index (χ3v) is 17.4. The van der Waals surface area contributed by atoms with Crippen LogP contribution in [-0.4, -0.2) is 74.3 Å². The van der Waals surface area contributed by atoms with Gasteiger partial charge < -0.3 is 19.4 Å². The minimum atomic E-state index is -4.45. The smallest absolute Gasteiger partial charge is 0.456 e. The first-order valence-electron chi connectivity index (χ1n) is 35.7. The van der Waals surface area contributed by atoms with E-state index < -0.39 is 20.0 Å². The van der Waals surface area contributed by atoms with Crippen LogP contribution >= 0.6 is 7.82 Å². The van der Waals surface area contributed by atoms with E-state index in [-0.39, 0.29) is 25.1 Å². The summed E-state index contributed by atoms with van der Waals surface area (Å²) in [4.78, 5) is 37.8. The number of phosphoric acid groups is 1. The molecule has 1 amide bonds. The van der Waals surface area contributed by atoms with Gasteiger partial charge in [-0.25, -0.2) is 4.57 Å². The molecule has 0 aliphatic rings. The first-order chi connectivity index (χ1) is 39.4. The summed E-state index contributed by atoms with van der Waals surface area (Å²) in [5.41, 5.74) is 0. The zero-order chi connectivity index (χ0) is 59.3. The highest BCUT2D eigenvalue weighted by Gasteiger charge is 2.30. The number of ether oxygens (including phenoxy) is 1. The number of unbranched alkanes of at least 4 members (excludes halogenated alkanes) is 48. The van der Waals surface area contributed by atoms with Crippen molar-refractivity contribution in [2.45, 2.75) is 380 Å². The lowest BCUT2D eigenvalue weighted by Crippen LogP contribution is -2.47. The molecule has 0 heterocycles. The lowest BCUT2D eigenvalue weighted by atomic mass is 10.0. The Labute approximate surface area is 504 Å². The summed E-state index contributed by atoms with van der Waals surface area (Å²) in [7, 11) is 1.51. The monoisotopic (exact) mass is 1160 g/mol. The summed E-state index contributed by atoms with van der Waals surface area (Å²) in [6.45, 7) is 7.07. The van der Waals surface area contributed by atoms with Gasteiger partial charge in [0, 0.05) is 12.8 Å². The Kier molecular flexibility index (Phi) is 60.4. The molecular weight excluding hydrogens is 1020 g/mol. The zero-order valence-corrected chi connectivity index (χ0v) is 56.0. The highest BCUT2D eigenvalue weighted by Crippen LogP contribution is 2.43. The fourth-order valence-corrected chi connectivity index (χ4v) is 11.6. The number of rotatable bonds is 66. The number of carbonyl (C=O) groups excluding carboxylic acids is 2. The molecule has 0 spiro atoms. The van der Waals surface area contributed by atoms with Crippen molar-refractivity contribution in [1.29, 1.82) is 0 Å². The normalized spacial score (nSPS) is 13.6. The highest BCUT2D eigenvalue weighted by atomic mass is 31.2. The molecule has 0 aromatic heterocycles. The quantitative estimate of drug-likeness (QED) is 0.0205. The molecule has 0 saturated heterocycles. The van der Waals surface area contributed by atoms with Gasteiger partial charge in [-0.05, 0) is 57.4 Å². The molecule has 0 aromatic rings. The largest absolute Gasteiger partial charge is 0.472 e. The van der Waals surface area contributed by atoms with Crippen molar-refractivity contribution in [3.05, 3.63) is 24.3 Å². The standard InChI is InChI=1S/C71H139N2O7P/c1-7-10-13-16-19-22-25-27-29-31-33-34-35-36-37-38-40-42-44-46-49-52-55-58-61-64-71(75)80-69(62-59-56-53-50-47-24-21-18-15-12-9-3)68(67-79-81(76,77)78-66-65-73(4,5)6)72-70(74)63-60-57-54-51-48-45-43-41-39-32-30-28-26-23-20-17-14-11-8-2/h28,30,59,62,68-69H,7-27,29,31-58,60-61,63-67H2,1-6H3,(H-,72,74,76,77)/p+1/b30-28+,62-59-. The minimum absolute atomic E-state index is 0.0436. The molecule has 9 nitrogen and oxygen atoms in total. The van der Waals surface area contributed by atoms with Crippen LogP contribution in [0.4, 0.5) is 0 Å². The third-order valence-electron chi connectivity index (χ3n) is 16.4. The molecule has 10 heteroatoms. The number of amides is 1. The van der Waals surface area contributed by atoms with Crippen molar-refractivity contribution >= 4 is 19.7 Å². The average Bonchev–Trinajstić information content (AvgIpc) is 3.43. The Hall–Kier alpha value is -1.51. The molecule has 0 aliphatic carbocycles. The van der Waals surface area contributed by atoms with Crippen LogP contribution in [-0.2, 0) is 27.9 Å². The molecule has 3 unspecified atom stereocenters. The molecular formula is C71H140N2O7P+. The van der Waals surface area contributed by atoms with E-state index in [1.807, 2.05) is 33.3 Å². The summed E-state index contributed by atoms with van der Waals surface area (Å²) >= 11 is 0. The Morgan fingerprint density at radius 1 is 0.420 bits per heavy atom. The molecule has 0 radical (unpaired) electrons. The van der Waals surface area contributed by atoms with Crippen LogP contribution in [0.15, 0.2) is 24.3 Å². The van der Waals surface area contributed by atoms with Gasteiger partial charge in [-0.1, -0.05) is 322 Å². The number of hydrogen-bond donors (Lipinski definition) is 2. The summed E-state index contributed by atoms with van der Waals surface area (Å²) in [5, 5.41) is 3.07. The van der Waals surface area contributed by atoms with E-state index in [0.29, 0.717) is 23.9 Å². The Bertz CT molecular complexity index is 1430. The first-order valence-corrected chi connectivity index (χ1v) is 37.2. The van der Waals surface area contributed by atoms with Crippen LogP contribution in [0, 0.1) is 0 Å². The molecule has 0 aromatic carbocycles. The second-order valence-electron chi connectivity index (χ2n) is 25.8. The van der Waals surface area contributed by atoms with Crippen molar-refractivity contribution in [1.82, 2.24) is 5.32 Å². The Morgan fingerprint density at radius 2 is 0.716 bits per heavy atom. The van der Waals surface area contributed by atoms with Crippen LogP contribution in [0.3, 0.4) is 0 Å². The summed E-state index contributed by atoms with van der Waals surface area (Å²) in [6.07, 6.45) is 74.8. The molecule has 2 N–H and O–H groups in total. The van der Waals surface area contributed by atoms with E-state index in [1.54, 1.807) is 0 Å². The fraction of sp³-hybridized carbons (Fsp3) is 0.915. The van der Waals surface area contributed by atoms with Crippen molar-refractivity contribution in [2.75, 3.05) is 40.9 Å². The number of hydrogen-bond acceptors (Lipinski definition) is 6. The second kappa shape index (κ2) is 61.6. The topological polar surface area (TPSA) is 111 Å². The van der Waals surface area contributed by atoms with E-state index in [1.165, 1.54) is 276 Å². The van der Waals surface area contributed by atoms with Gasteiger partial charge in [0.15, 0.2) is 0 Å². The van der Waals surface area contributed by atoms with E-state index in [2.05, 4.69) is 38.2 Å². The van der Waals surface area contributed by atoms with Crippen molar-refractivity contribution in [3.8, 4) is 0 Å².